The second-order valence-electron chi connectivity index (χ2n) is 6.89. The highest BCUT2D eigenvalue weighted by Gasteiger charge is 2.12. The molecule has 0 fully saturated rings. The van der Waals surface area contributed by atoms with Crippen LogP contribution in [0, 0.1) is 20.8 Å². The SMILES string of the molecule is COc1cc(OC)cc(C(=O)N/N=C(/C)CC(=O)Nc2c(C)cc(C)cc2C)c1. The molecule has 0 aromatic heterocycles. The summed E-state index contributed by atoms with van der Waals surface area (Å²) in [6, 6.07) is 8.87. The molecule has 154 valence electrons. The highest BCUT2D eigenvalue weighted by atomic mass is 16.5. The van der Waals surface area contributed by atoms with Crippen LogP contribution in [-0.4, -0.2) is 31.7 Å². The number of carbonyl (C=O) groups excluding carboxylic acids is 2. The lowest BCUT2D eigenvalue weighted by Gasteiger charge is -2.13. The molecule has 0 aliphatic carbocycles. The van der Waals surface area contributed by atoms with Crippen molar-refractivity contribution in [3.05, 3.63) is 52.6 Å². The van der Waals surface area contributed by atoms with Gasteiger partial charge in [-0.1, -0.05) is 17.7 Å². The lowest BCUT2D eigenvalue weighted by molar-refractivity contribution is -0.115. The Morgan fingerprint density at radius 1 is 0.931 bits per heavy atom. The first kappa shape index (κ1) is 21.9. The van der Waals surface area contributed by atoms with Gasteiger partial charge in [0, 0.05) is 23.0 Å². The average molecular weight is 397 g/mol. The number of anilines is 1. The summed E-state index contributed by atoms with van der Waals surface area (Å²) in [5.41, 5.74) is 7.24. The van der Waals surface area contributed by atoms with Crippen molar-refractivity contribution in [3.63, 3.8) is 0 Å². The van der Waals surface area contributed by atoms with E-state index in [1.165, 1.54) is 14.2 Å². The maximum Gasteiger partial charge on any atom is 0.271 e. The maximum absolute atomic E-state index is 12.4. The van der Waals surface area contributed by atoms with Crippen LogP contribution >= 0.6 is 0 Å². The van der Waals surface area contributed by atoms with Crippen LogP contribution in [0.25, 0.3) is 0 Å². The van der Waals surface area contributed by atoms with Gasteiger partial charge in [-0.15, -0.1) is 0 Å². The summed E-state index contributed by atoms with van der Waals surface area (Å²) in [7, 11) is 3.02. The van der Waals surface area contributed by atoms with Crippen molar-refractivity contribution in [2.24, 2.45) is 5.10 Å². The van der Waals surface area contributed by atoms with Gasteiger partial charge in [0.25, 0.3) is 5.91 Å². The Bertz CT molecular complexity index is 906. The van der Waals surface area contributed by atoms with Crippen LogP contribution in [0.4, 0.5) is 5.69 Å². The molecule has 0 saturated heterocycles. The van der Waals surface area contributed by atoms with Gasteiger partial charge in [-0.3, -0.25) is 9.59 Å². The average Bonchev–Trinajstić information content (AvgIpc) is 2.68. The van der Waals surface area contributed by atoms with Gasteiger partial charge in [-0.25, -0.2) is 5.43 Å². The van der Waals surface area contributed by atoms with E-state index in [9.17, 15) is 9.59 Å². The van der Waals surface area contributed by atoms with E-state index >= 15 is 0 Å². The van der Waals surface area contributed by atoms with Crippen LogP contribution in [0.5, 0.6) is 11.5 Å². The monoisotopic (exact) mass is 397 g/mol. The van der Waals surface area contributed by atoms with Gasteiger partial charge in [0.1, 0.15) is 11.5 Å². The molecular weight excluding hydrogens is 370 g/mol. The molecule has 29 heavy (non-hydrogen) atoms. The Morgan fingerprint density at radius 2 is 1.48 bits per heavy atom. The first-order chi connectivity index (χ1) is 13.7. The zero-order valence-electron chi connectivity index (χ0n) is 17.7. The molecule has 0 aliphatic heterocycles. The molecule has 7 nitrogen and oxygen atoms in total. The number of rotatable bonds is 7. The first-order valence-electron chi connectivity index (χ1n) is 9.17. The predicted molar refractivity (Wildman–Crippen MR) is 114 cm³/mol. The van der Waals surface area contributed by atoms with Crippen LogP contribution in [0.15, 0.2) is 35.4 Å². The molecule has 0 heterocycles. The zero-order chi connectivity index (χ0) is 21.6. The van der Waals surface area contributed by atoms with E-state index in [2.05, 4.69) is 15.8 Å². The molecule has 2 amide bonds. The van der Waals surface area contributed by atoms with Crippen LogP contribution in [0.2, 0.25) is 0 Å². The number of amides is 2. The molecule has 2 N–H and O–H groups in total. The number of aryl methyl sites for hydroxylation is 3. The number of nitrogens with zero attached hydrogens (tertiary/aromatic N) is 1. The van der Waals surface area contributed by atoms with Crippen molar-refractivity contribution in [1.29, 1.82) is 0 Å². The molecule has 0 spiro atoms. The summed E-state index contributed by atoms with van der Waals surface area (Å²) in [6.45, 7) is 7.61. The fraction of sp³-hybridized carbons (Fsp3) is 0.318. The molecule has 2 rings (SSSR count). The number of methoxy groups -OCH3 is 2. The Balaban J connectivity index is 2.01. The third-order valence-corrected chi connectivity index (χ3v) is 4.32. The van der Waals surface area contributed by atoms with E-state index in [1.54, 1.807) is 25.1 Å². The number of carbonyl (C=O) groups is 2. The highest BCUT2D eigenvalue weighted by Crippen LogP contribution is 2.23. The molecular formula is C22H27N3O4. The molecule has 7 heteroatoms. The van der Waals surface area contributed by atoms with Gasteiger partial charge in [0.15, 0.2) is 0 Å². The summed E-state index contributed by atoms with van der Waals surface area (Å²) in [5, 5.41) is 6.95. The number of ether oxygens (including phenoxy) is 2. The van der Waals surface area contributed by atoms with Gasteiger partial charge in [-0.05, 0) is 51.0 Å². The van der Waals surface area contributed by atoms with Gasteiger partial charge in [0.05, 0.1) is 20.6 Å². The number of hydrogen-bond acceptors (Lipinski definition) is 5. The zero-order valence-corrected chi connectivity index (χ0v) is 17.7. The van der Waals surface area contributed by atoms with E-state index in [1.807, 2.05) is 32.9 Å². The fourth-order valence-corrected chi connectivity index (χ4v) is 2.98. The molecule has 0 atom stereocenters. The maximum atomic E-state index is 12.4. The Labute approximate surface area is 171 Å². The summed E-state index contributed by atoms with van der Waals surface area (Å²) in [6.07, 6.45) is 0.0640. The van der Waals surface area contributed by atoms with Crippen LogP contribution in [0.3, 0.4) is 0 Å². The number of nitrogens with one attached hydrogen (secondary N) is 2. The summed E-state index contributed by atoms with van der Waals surface area (Å²) >= 11 is 0. The minimum absolute atomic E-state index is 0.0640. The van der Waals surface area contributed by atoms with Crippen LogP contribution < -0.4 is 20.2 Å². The summed E-state index contributed by atoms with van der Waals surface area (Å²) in [4.78, 5) is 24.7. The van der Waals surface area contributed by atoms with E-state index < -0.39 is 5.91 Å². The largest absolute Gasteiger partial charge is 0.497 e. The molecule has 0 bridgehead atoms. The van der Waals surface area contributed by atoms with Gasteiger partial charge >= 0.3 is 0 Å². The first-order valence-corrected chi connectivity index (χ1v) is 9.17. The smallest absolute Gasteiger partial charge is 0.271 e. The highest BCUT2D eigenvalue weighted by molar-refractivity contribution is 6.06. The van der Waals surface area contributed by atoms with Crippen molar-refractivity contribution in [2.45, 2.75) is 34.1 Å². The molecule has 0 unspecified atom stereocenters. The number of hydrogen-bond donors (Lipinski definition) is 2. The predicted octanol–water partition coefficient (Wildman–Crippen LogP) is 3.76. The van der Waals surface area contributed by atoms with E-state index in [0.717, 1.165) is 22.4 Å². The lowest BCUT2D eigenvalue weighted by atomic mass is 10.0. The van der Waals surface area contributed by atoms with Gasteiger partial charge in [0.2, 0.25) is 5.91 Å². The summed E-state index contributed by atoms with van der Waals surface area (Å²) < 4.78 is 10.3. The van der Waals surface area contributed by atoms with Crippen molar-refractivity contribution >= 4 is 23.2 Å². The van der Waals surface area contributed by atoms with E-state index in [-0.39, 0.29) is 12.3 Å². The molecule has 2 aromatic rings. The van der Waals surface area contributed by atoms with Crippen LogP contribution in [0.1, 0.15) is 40.4 Å². The minimum atomic E-state index is -0.424. The number of hydrazone groups is 1. The van der Waals surface area contributed by atoms with E-state index in [4.69, 9.17) is 9.47 Å². The molecule has 2 aromatic carbocycles. The molecule has 0 aliphatic rings. The fourth-order valence-electron chi connectivity index (χ4n) is 2.98. The van der Waals surface area contributed by atoms with Gasteiger partial charge < -0.3 is 14.8 Å². The van der Waals surface area contributed by atoms with Crippen molar-refractivity contribution in [2.75, 3.05) is 19.5 Å². The standard InChI is InChI=1S/C22H27N3O4/c1-13-7-14(2)21(15(3)8-13)23-20(26)9-16(4)24-25-22(27)17-10-18(28-5)12-19(11-17)29-6/h7-8,10-12H,9H2,1-6H3,(H,23,26)(H,25,27)/b24-16-. The van der Waals surface area contributed by atoms with Crippen molar-refractivity contribution in [1.82, 2.24) is 5.43 Å². The van der Waals surface area contributed by atoms with E-state index in [0.29, 0.717) is 22.8 Å². The third-order valence-electron chi connectivity index (χ3n) is 4.32. The topological polar surface area (TPSA) is 89.0 Å². The molecule has 0 saturated carbocycles. The Morgan fingerprint density at radius 3 is 2.00 bits per heavy atom. The summed E-state index contributed by atoms with van der Waals surface area (Å²) in [5.74, 6) is 0.377. The van der Waals surface area contributed by atoms with Gasteiger partial charge in [-0.2, -0.15) is 5.10 Å². The lowest BCUT2D eigenvalue weighted by Crippen LogP contribution is -2.22. The third kappa shape index (κ3) is 6.07. The van der Waals surface area contributed by atoms with Crippen molar-refractivity contribution in [3.8, 4) is 11.5 Å². The second-order valence-corrected chi connectivity index (χ2v) is 6.89. The minimum Gasteiger partial charge on any atom is -0.497 e. The normalized spacial score (nSPS) is 11.0. The second kappa shape index (κ2) is 9.73. The quantitative estimate of drug-likeness (QED) is 0.550. The number of benzene rings is 2. The molecule has 0 radical (unpaired) electrons. The van der Waals surface area contributed by atoms with Crippen LogP contribution in [-0.2, 0) is 4.79 Å². The Kier molecular flexibility index (Phi) is 7.36. The van der Waals surface area contributed by atoms with Crippen molar-refractivity contribution < 1.29 is 19.1 Å². The Hall–Kier alpha value is -3.35.